The summed E-state index contributed by atoms with van der Waals surface area (Å²) in [5.41, 5.74) is 0. The first kappa shape index (κ1) is 7.42. The van der Waals surface area contributed by atoms with Gasteiger partial charge in [-0.1, -0.05) is 24.5 Å². The van der Waals surface area contributed by atoms with Gasteiger partial charge in [0.25, 0.3) is 0 Å². The van der Waals surface area contributed by atoms with E-state index in [0.717, 1.165) is 17.4 Å². The van der Waals surface area contributed by atoms with E-state index in [9.17, 15) is 4.55 Å². The Morgan fingerprint density at radius 1 is 1.44 bits per heavy atom. The van der Waals surface area contributed by atoms with Gasteiger partial charge in [-0.2, -0.15) is 0 Å². The zero-order chi connectivity index (χ0) is 6.69. The fourth-order valence-corrected chi connectivity index (χ4v) is 2.65. The van der Waals surface area contributed by atoms with Crippen molar-refractivity contribution in [2.24, 2.45) is 5.92 Å². The van der Waals surface area contributed by atoms with Crippen LogP contribution in [0.4, 0.5) is 0 Å². The van der Waals surface area contributed by atoms with Crippen molar-refractivity contribution in [1.82, 2.24) is 0 Å². The van der Waals surface area contributed by atoms with Crippen LogP contribution in [-0.2, 0) is 11.2 Å². The summed E-state index contributed by atoms with van der Waals surface area (Å²) in [6.07, 6.45) is 3.67. The standard InChI is InChI=1S/C7H14OS/c1-2-7-3-5-9(8)6-4-7/h7H,2-6H2,1H3/t7-,9-. The van der Waals surface area contributed by atoms with E-state index in [4.69, 9.17) is 0 Å². The van der Waals surface area contributed by atoms with Crippen LogP contribution >= 0.6 is 0 Å². The molecule has 54 valence electrons. The lowest BCUT2D eigenvalue weighted by molar-refractivity contribution is 0.452. The molecule has 0 aromatic heterocycles. The summed E-state index contributed by atoms with van der Waals surface area (Å²) in [6.45, 7) is 2.22. The molecule has 0 radical (unpaired) electrons. The van der Waals surface area contributed by atoms with Gasteiger partial charge in [0, 0.05) is 0 Å². The van der Waals surface area contributed by atoms with Crippen LogP contribution < -0.4 is 0 Å². The highest BCUT2D eigenvalue weighted by Crippen LogP contribution is 2.20. The van der Waals surface area contributed by atoms with Crippen LogP contribution in [-0.4, -0.2) is 16.1 Å². The van der Waals surface area contributed by atoms with E-state index in [1.165, 1.54) is 19.3 Å². The van der Waals surface area contributed by atoms with Crippen molar-refractivity contribution >= 4 is 11.2 Å². The molecule has 1 aliphatic rings. The summed E-state index contributed by atoms with van der Waals surface area (Å²) in [6, 6.07) is 0. The molecule has 0 bridgehead atoms. The largest absolute Gasteiger partial charge is 0.616 e. The smallest absolute Gasteiger partial charge is 0.105 e. The Hall–Kier alpha value is 0.310. The molecule has 0 aromatic carbocycles. The van der Waals surface area contributed by atoms with Gasteiger partial charge in [-0.15, -0.1) is 0 Å². The first-order valence-electron chi connectivity index (χ1n) is 3.68. The molecule has 1 rings (SSSR count). The minimum Gasteiger partial charge on any atom is -0.616 e. The SMILES string of the molecule is CC[C@H]1CC[S@+]([O-])CC1. The van der Waals surface area contributed by atoms with E-state index in [0.29, 0.717) is 0 Å². The summed E-state index contributed by atoms with van der Waals surface area (Å²) in [4.78, 5) is 0. The Labute approximate surface area is 60.0 Å². The highest BCUT2D eigenvalue weighted by Gasteiger charge is 2.19. The van der Waals surface area contributed by atoms with E-state index in [1.807, 2.05) is 0 Å². The Morgan fingerprint density at radius 2 is 2.00 bits per heavy atom. The molecule has 2 heteroatoms. The van der Waals surface area contributed by atoms with Gasteiger partial charge in [0.15, 0.2) is 0 Å². The van der Waals surface area contributed by atoms with Crippen LogP contribution in [0.2, 0.25) is 0 Å². The molecule has 1 aliphatic heterocycles. The molecular formula is C7H14OS. The molecule has 1 heterocycles. The second-order valence-corrected chi connectivity index (χ2v) is 4.40. The summed E-state index contributed by atoms with van der Waals surface area (Å²) in [7, 11) is 0. The van der Waals surface area contributed by atoms with E-state index >= 15 is 0 Å². The maximum Gasteiger partial charge on any atom is 0.105 e. The molecular weight excluding hydrogens is 132 g/mol. The van der Waals surface area contributed by atoms with E-state index in [2.05, 4.69) is 6.92 Å². The quantitative estimate of drug-likeness (QED) is 0.515. The Kier molecular flexibility index (Phi) is 2.86. The van der Waals surface area contributed by atoms with Crippen molar-refractivity contribution in [2.45, 2.75) is 26.2 Å². The van der Waals surface area contributed by atoms with Crippen molar-refractivity contribution in [2.75, 3.05) is 11.5 Å². The van der Waals surface area contributed by atoms with Gasteiger partial charge in [0.05, 0.1) is 0 Å². The Morgan fingerprint density at radius 3 is 2.44 bits per heavy atom. The average molecular weight is 146 g/mol. The van der Waals surface area contributed by atoms with Gasteiger partial charge < -0.3 is 4.55 Å². The monoisotopic (exact) mass is 146 g/mol. The molecule has 0 aliphatic carbocycles. The molecule has 0 aromatic rings. The molecule has 1 saturated heterocycles. The van der Waals surface area contributed by atoms with E-state index in [1.54, 1.807) is 0 Å². The zero-order valence-electron chi connectivity index (χ0n) is 5.93. The van der Waals surface area contributed by atoms with Crippen molar-refractivity contribution in [3.05, 3.63) is 0 Å². The van der Waals surface area contributed by atoms with Crippen LogP contribution in [0.25, 0.3) is 0 Å². The van der Waals surface area contributed by atoms with Crippen LogP contribution in [0, 0.1) is 5.92 Å². The first-order chi connectivity index (χ1) is 4.33. The van der Waals surface area contributed by atoms with Crippen LogP contribution in [0.5, 0.6) is 0 Å². The predicted octanol–water partition coefficient (Wildman–Crippen LogP) is 1.56. The Bertz CT molecular complexity index is 77.0. The van der Waals surface area contributed by atoms with Crippen LogP contribution in [0.15, 0.2) is 0 Å². The Balaban J connectivity index is 2.18. The second kappa shape index (κ2) is 3.47. The third-order valence-corrected chi connectivity index (χ3v) is 3.47. The molecule has 0 saturated carbocycles. The fourth-order valence-electron chi connectivity index (χ4n) is 1.25. The van der Waals surface area contributed by atoms with Crippen molar-refractivity contribution in [3.63, 3.8) is 0 Å². The second-order valence-electron chi connectivity index (χ2n) is 2.70. The van der Waals surface area contributed by atoms with Gasteiger partial charge in [-0.25, -0.2) is 0 Å². The summed E-state index contributed by atoms with van der Waals surface area (Å²) < 4.78 is 10.8. The van der Waals surface area contributed by atoms with E-state index in [-0.39, 0.29) is 0 Å². The van der Waals surface area contributed by atoms with Crippen LogP contribution in [0.1, 0.15) is 26.2 Å². The van der Waals surface area contributed by atoms with Crippen LogP contribution in [0.3, 0.4) is 0 Å². The maximum atomic E-state index is 10.8. The zero-order valence-corrected chi connectivity index (χ0v) is 6.75. The molecule has 1 fully saturated rings. The van der Waals surface area contributed by atoms with Gasteiger partial charge in [0.1, 0.15) is 11.5 Å². The number of hydrogen-bond donors (Lipinski definition) is 0. The van der Waals surface area contributed by atoms with E-state index < -0.39 is 11.2 Å². The minimum atomic E-state index is -0.463. The lowest BCUT2D eigenvalue weighted by atomic mass is 10.0. The predicted molar refractivity (Wildman–Crippen MR) is 40.9 cm³/mol. The average Bonchev–Trinajstić information content (AvgIpc) is 1.90. The molecule has 0 atom stereocenters. The minimum absolute atomic E-state index is 0.463. The summed E-state index contributed by atoms with van der Waals surface area (Å²) in [5, 5.41) is 0. The topological polar surface area (TPSA) is 23.1 Å². The van der Waals surface area contributed by atoms with Gasteiger partial charge in [-0.05, 0) is 18.8 Å². The van der Waals surface area contributed by atoms with Gasteiger partial charge in [0.2, 0.25) is 0 Å². The molecule has 0 unspecified atom stereocenters. The molecule has 1 nitrogen and oxygen atoms in total. The summed E-state index contributed by atoms with van der Waals surface area (Å²) >= 11 is -0.463. The molecule has 9 heavy (non-hydrogen) atoms. The first-order valence-corrected chi connectivity index (χ1v) is 5.16. The third-order valence-electron chi connectivity index (χ3n) is 2.08. The third kappa shape index (κ3) is 2.18. The molecule has 0 amide bonds. The highest BCUT2D eigenvalue weighted by molar-refractivity contribution is 7.91. The highest BCUT2D eigenvalue weighted by atomic mass is 32.2. The summed E-state index contributed by atoms with van der Waals surface area (Å²) in [5.74, 6) is 2.79. The normalized spacial score (nSPS) is 36.7. The number of rotatable bonds is 1. The maximum absolute atomic E-state index is 10.8. The lowest BCUT2D eigenvalue weighted by Crippen LogP contribution is -2.22. The fraction of sp³-hybridized carbons (Fsp3) is 1.00. The molecule has 0 spiro atoms. The molecule has 0 N–H and O–H groups in total. The van der Waals surface area contributed by atoms with Gasteiger partial charge >= 0.3 is 0 Å². The van der Waals surface area contributed by atoms with Crippen molar-refractivity contribution in [3.8, 4) is 0 Å². The van der Waals surface area contributed by atoms with Crippen molar-refractivity contribution < 1.29 is 4.55 Å². The van der Waals surface area contributed by atoms with Crippen molar-refractivity contribution in [1.29, 1.82) is 0 Å². The lowest BCUT2D eigenvalue weighted by Gasteiger charge is -2.22. The van der Waals surface area contributed by atoms with Gasteiger partial charge in [-0.3, -0.25) is 0 Å². The number of hydrogen-bond acceptors (Lipinski definition) is 1.